The van der Waals surface area contributed by atoms with Crippen LogP contribution in [0, 0.1) is 5.41 Å². The maximum Gasteiger partial charge on any atom is 0.198 e. The summed E-state index contributed by atoms with van der Waals surface area (Å²) in [6, 6.07) is 20.0. The van der Waals surface area contributed by atoms with Crippen molar-refractivity contribution in [2.24, 2.45) is 5.73 Å². The van der Waals surface area contributed by atoms with E-state index in [0.29, 0.717) is 29.1 Å². The van der Waals surface area contributed by atoms with Gasteiger partial charge in [0.2, 0.25) is 0 Å². The minimum atomic E-state index is -3.67. The number of nitrogens with one attached hydrogen (secondary N) is 2. The number of rotatable bonds is 5. The fraction of sp³-hybridized carbons (Fsp3) is 0.227. The molecule has 4 rings (SSSR count). The Balaban J connectivity index is 1.80. The summed E-state index contributed by atoms with van der Waals surface area (Å²) in [5, 5.41) is 12.0. The first-order chi connectivity index (χ1) is 14.0. The molecule has 1 unspecified atom stereocenters. The second-order valence-electron chi connectivity index (χ2n) is 7.23. The predicted molar refractivity (Wildman–Crippen MR) is 116 cm³/mol. The van der Waals surface area contributed by atoms with Gasteiger partial charge in [-0.3, -0.25) is 10.3 Å². The summed E-state index contributed by atoms with van der Waals surface area (Å²) in [6.07, 6.45) is 0. The summed E-state index contributed by atoms with van der Waals surface area (Å²) in [5.41, 5.74) is 6.82. The number of nitrogens with zero attached hydrogens (tertiary/aromatic N) is 1. The first-order valence-electron chi connectivity index (χ1n) is 9.59. The summed E-state index contributed by atoms with van der Waals surface area (Å²) in [6.45, 7) is 2.78. The van der Waals surface area contributed by atoms with Gasteiger partial charge in [0.25, 0.3) is 0 Å². The average Bonchev–Trinajstić information content (AvgIpc) is 2.74. The molecule has 0 aromatic heterocycles. The van der Waals surface area contributed by atoms with Gasteiger partial charge in [-0.15, -0.1) is 0 Å². The standard InChI is InChI=1S/C22H24N4O2S/c23-21(24)17-5-7-18(8-6-17)22(26-13-11-25-12-14-26)29(27,28)20-10-9-16-3-1-2-4-19(16)15-20/h1-10,15,22,25H,11-14H2,(H3,23,24). The molecule has 29 heavy (non-hydrogen) atoms. The summed E-state index contributed by atoms with van der Waals surface area (Å²) in [7, 11) is -3.67. The Labute approximate surface area is 170 Å². The van der Waals surface area contributed by atoms with Crippen molar-refractivity contribution in [1.82, 2.24) is 10.2 Å². The molecule has 7 heteroatoms. The third-order valence-electron chi connectivity index (χ3n) is 5.33. The number of nitrogen functional groups attached to an aromatic ring is 1. The lowest BCUT2D eigenvalue weighted by Crippen LogP contribution is -2.47. The number of hydrogen-bond donors (Lipinski definition) is 3. The molecule has 3 aromatic rings. The molecule has 0 saturated carbocycles. The molecule has 1 heterocycles. The molecule has 6 nitrogen and oxygen atoms in total. The van der Waals surface area contributed by atoms with Gasteiger partial charge in [0, 0.05) is 31.7 Å². The number of benzene rings is 3. The smallest absolute Gasteiger partial charge is 0.198 e. The Bertz CT molecular complexity index is 1140. The molecule has 0 radical (unpaired) electrons. The molecule has 1 fully saturated rings. The van der Waals surface area contributed by atoms with Crippen LogP contribution in [0.2, 0.25) is 0 Å². The Morgan fingerprint density at radius 2 is 1.62 bits per heavy atom. The summed E-state index contributed by atoms with van der Waals surface area (Å²) < 4.78 is 27.5. The first kappa shape index (κ1) is 19.6. The van der Waals surface area contributed by atoms with Gasteiger partial charge in [-0.25, -0.2) is 8.42 Å². The predicted octanol–water partition coefficient (Wildman–Crippen LogP) is 2.50. The van der Waals surface area contributed by atoms with Crippen LogP contribution in [0.1, 0.15) is 16.5 Å². The van der Waals surface area contributed by atoms with E-state index < -0.39 is 15.2 Å². The van der Waals surface area contributed by atoms with Crippen molar-refractivity contribution >= 4 is 26.4 Å². The van der Waals surface area contributed by atoms with E-state index in [0.717, 1.165) is 23.9 Å². The SMILES string of the molecule is N=C(N)c1ccc(C(N2CCNCC2)S(=O)(=O)c2ccc3ccccc3c2)cc1. The molecule has 1 aliphatic rings. The molecule has 3 aromatic carbocycles. The number of nitrogens with two attached hydrogens (primary N) is 1. The molecular formula is C22H24N4O2S. The number of piperazine rings is 1. The quantitative estimate of drug-likeness (QED) is 0.445. The Morgan fingerprint density at radius 1 is 0.966 bits per heavy atom. The highest BCUT2D eigenvalue weighted by atomic mass is 32.2. The third-order valence-corrected chi connectivity index (χ3v) is 7.40. The molecular weight excluding hydrogens is 384 g/mol. The number of fused-ring (bicyclic) bond motifs is 1. The lowest BCUT2D eigenvalue weighted by molar-refractivity contribution is 0.219. The molecule has 0 bridgehead atoms. The lowest BCUT2D eigenvalue weighted by atomic mass is 10.1. The van der Waals surface area contributed by atoms with Crippen molar-refractivity contribution < 1.29 is 8.42 Å². The maximum absolute atomic E-state index is 13.8. The van der Waals surface area contributed by atoms with Gasteiger partial charge >= 0.3 is 0 Å². The van der Waals surface area contributed by atoms with Crippen molar-refractivity contribution in [3.63, 3.8) is 0 Å². The van der Waals surface area contributed by atoms with E-state index in [-0.39, 0.29) is 5.84 Å². The zero-order valence-corrected chi connectivity index (χ0v) is 16.8. The highest BCUT2D eigenvalue weighted by Gasteiger charge is 2.35. The molecule has 150 valence electrons. The van der Waals surface area contributed by atoms with E-state index >= 15 is 0 Å². The fourth-order valence-electron chi connectivity index (χ4n) is 3.80. The van der Waals surface area contributed by atoms with E-state index in [4.69, 9.17) is 11.1 Å². The van der Waals surface area contributed by atoms with E-state index in [1.54, 1.807) is 36.4 Å². The molecule has 0 spiro atoms. The minimum Gasteiger partial charge on any atom is -0.384 e. The largest absolute Gasteiger partial charge is 0.384 e. The molecule has 1 saturated heterocycles. The van der Waals surface area contributed by atoms with Crippen LogP contribution in [0.15, 0.2) is 71.6 Å². The van der Waals surface area contributed by atoms with Crippen LogP contribution in [0.3, 0.4) is 0 Å². The van der Waals surface area contributed by atoms with Crippen molar-refractivity contribution in [2.75, 3.05) is 26.2 Å². The number of sulfone groups is 1. The van der Waals surface area contributed by atoms with E-state index in [1.165, 1.54) is 0 Å². The second kappa shape index (κ2) is 7.94. The molecule has 1 atom stereocenters. The maximum atomic E-state index is 13.8. The van der Waals surface area contributed by atoms with Crippen LogP contribution in [0.5, 0.6) is 0 Å². The van der Waals surface area contributed by atoms with Crippen LogP contribution < -0.4 is 11.1 Å². The normalized spacial score (nSPS) is 16.6. The van der Waals surface area contributed by atoms with Gasteiger partial charge in [0.1, 0.15) is 11.2 Å². The topological polar surface area (TPSA) is 99.3 Å². The number of hydrogen-bond acceptors (Lipinski definition) is 5. The summed E-state index contributed by atoms with van der Waals surface area (Å²) in [4.78, 5) is 2.32. The molecule has 0 aliphatic carbocycles. The van der Waals surface area contributed by atoms with Crippen molar-refractivity contribution in [1.29, 1.82) is 5.41 Å². The molecule has 0 amide bonds. The zero-order chi connectivity index (χ0) is 20.4. The Kier molecular flexibility index (Phi) is 5.36. The van der Waals surface area contributed by atoms with Gasteiger partial charge in [0.15, 0.2) is 9.84 Å². The van der Waals surface area contributed by atoms with E-state index in [1.807, 2.05) is 35.2 Å². The Morgan fingerprint density at radius 3 is 2.28 bits per heavy atom. The highest BCUT2D eigenvalue weighted by molar-refractivity contribution is 7.91. The zero-order valence-electron chi connectivity index (χ0n) is 16.0. The van der Waals surface area contributed by atoms with Crippen LogP contribution in [0.25, 0.3) is 10.8 Å². The van der Waals surface area contributed by atoms with Crippen molar-refractivity contribution in [3.05, 3.63) is 77.9 Å². The average molecular weight is 409 g/mol. The minimum absolute atomic E-state index is 0.0346. The van der Waals surface area contributed by atoms with Crippen LogP contribution in [-0.2, 0) is 9.84 Å². The summed E-state index contributed by atoms with van der Waals surface area (Å²) in [5.74, 6) is -0.0346. The molecule has 4 N–H and O–H groups in total. The van der Waals surface area contributed by atoms with E-state index in [2.05, 4.69) is 5.32 Å². The van der Waals surface area contributed by atoms with Gasteiger partial charge in [-0.1, -0.05) is 54.6 Å². The third kappa shape index (κ3) is 3.89. The fourth-order valence-corrected chi connectivity index (χ4v) is 5.73. The second-order valence-corrected chi connectivity index (χ2v) is 9.24. The van der Waals surface area contributed by atoms with Gasteiger partial charge in [-0.2, -0.15) is 0 Å². The van der Waals surface area contributed by atoms with Gasteiger partial charge in [-0.05, 0) is 28.5 Å². The van der Waals surface area contributed by atoms with Crippen LogP contribution >= 0.6 is 0 Å². The monoisotopic (exact) mass is 408 g/mol. The van der Waals surface area contributed by atoms with E-state index in [9.17, 15) is 8.42 Å². The van der Waals surface area contributed by atoms with Gasteiger partial charge in [0.05, 0.1) is 4.90 Å². The van der Waals surface area contributed by atoms with Crippen molar-refractivity contribution in [3.8, 4) is 0 Å². The molecule has 1 aliphatic heterocycles. The highest BCUT2D eigenvalue weighted by Crippen LogP contribution is 2.34. The first-order valence-corrected chi connectivity index (χ1v) is 11.1. The Hall–Kier alpha value is -2.74. The van der Waals surface area contributed by atoms with Crippen LogP contribution in [-0.4, -0.2) is 45.3 Å². The van der Waals surface area contributed by atoms with Crippen molar-refractivity contribution in [2.45, 2.75) is 10.3 Å². The summed E-state index contributed by atoms with van der Waals surface area (Å²) >= 11 is 0. The van der Waals surface area contributed by atoms with Gasteiger partial charge < -0.3 is 11.1 Å². The number of amidine groups is 1. The lowest BCUT2D eigenvalue weighted by Gasteiger charge is -2.34. The van der Waals surface area contributed by atoms with Crippen LogP contribution in [0.4, 0.5) is 0 Å².